The summed E-state index contributed by atoms with van der Waals surface area (Å²) in [5.41, 5.74) is 1.55. The van der Waals surface area contributed by atoms with E-state index >= 15 is 0 Å². The molecule has 2 heterocycles. The van der Waals surface area contributed by atoms with Crippen molar-refractivity contribution in [1.82, 2.24) is 30.4 Å². The van der Waals surface area contributed by atoms with Crippen molar-refractivity contribution in [2.45, 2.75) is 82.8 Å². The molecule has 14 heteroatoms. The fraction of sp³-hybridized carbons (Fsp3) is 0.419. The summed E-state index contributed by atoms with van der Waals surface area (Å²) in [6.45, 7) is 3.64. The van der Waals surface area contributed by atoms with E-state index in [0.717, 1.165) is 31.2 Å². The molecule has 0 bridgehead atoms. The quantitative estimate of drug-likeness (QED) is 0.158. The molecule has 5 N–H and O–H groups in total. The van der Waals surface area contributed by atoms with Gasteiger partial charge < -0.3 is 30.7 Å². The Hall–Kier alpha value is -3.84. The number of aryl methyl sites for hydroxylation is 1. The van der Waals surface area contributed by atoms with Crippen LogP contribution in [-0.2, 0) is 6.61 Å². The number of nitrogens with one attached hydrogen (secondary N) is 2. The van der Waals surface area contributed by atoms with Crippen LogP contribution in [0.5, 0.6) is 11.5 Å². The highest BCUT2D eigenvalue weighted by atomic mass is 35.5. The standard InChI is InChI=1S/C31H34Cl2N8O4/c1-16-7-18(32)10-24(27(16)29-34-14-26(39-40-29)37-21-5-3-4-6-22(21)42)45-15-17-8-19(33)9-23(43)28(17)30-35-13-25(38-41-30)36-20-11-31(2,44)12-20/h7-10,13-14,20-22,42-44H,3-6,11-12,15H2,1-2H3,(H,36,38)(H,37,39)/t20-,21-,22-,31+/m1/s1. The smallest absolute Gasteiger partial charge is 0.186 e. The number of aromatic hydroxyl groups is 1. The van der Waals surface area contributed by atoms with Gasteiger partial charge >= 0.3 is 0 Å². The summed E-state index contributed by atoms with van der Waals surface area (Å²) in [7, 11) is 0. The van der Waals surface area contributed by atoms with Crippen molar-refractivity contribution in [1.29, 1.82) is 0 Å². The number of aromatic nitrogens is 6. The van der Waals surface area contributed by atoms with Gasteiger partial charge in [-0.05, 0) is 69.4 Å². The topological polar surface area (TPSA) is 171 Å². The van der Waals surface area contributed by atoms with E-state index in [1.54, 1.807) is 31.3 Å². The van der Waals surface area contributed by atoms with Crippen LogP contribution >= 0.6 is 23.2 Å². The second kappa shape index (κ2) is 12.9. The van der Waals surface area contributed by atoms with E-state index in [4.69, 9.17) is 27.9 Å². The zero-order valence-electron chi connectivity index (χ0n) is 24.8. The van der Waals surface area contributed by atoms with Crippen LogP contribution < -0.4 is 15.4 Å². The molecule has 2 aliphatic carbocycles. The fourth-order valence-electron chi connectivity index (χ4n) is 5.98. The minimum absolute atomic E-state index is 0.0244. The summed E-state index contributed by atoms with van der Waals surface area (Å²) >= 11 is 12.7. The number of hydrogen-bond donors (Lipinski definition) is 5. The Morgan fingerprint density at radius 3 is 2.18 bits per heavy atom. The zero-order chi connectivity index (χ0) is 31.7. The van der Waals surface area contributed by atoms with Crippen molar-refractivity contribution in [3.8, 4) is 34.3 Å². The van der Waals surface area contributed by atoms with E-state index in [1.807, 2.05) is 6.92 Å². The lowest BCUT2D eigenvalue weighted by molar-refractivity contribution is -0.0235. The highest BCUT2D eigenvalue weighted by Gasteiger charge is 2.38. The van der Waals surface area contributed by atoms with E-state index < -0.39 is 11.7 Å². The summed E-state index contributed by atoms with van der Waals surface area (Å²) < 4.78 is 6.27. The first kappa shape index (κ1) is 31.2. The number of hydrogen-bond acceptors (Lipinski definition) is 12. The van der Waals surface area contributed by atoms with Gasteiger partial charge in [-0.3, -0.25) is 0 Å². The average molecular weight is 654 g/mol. The molecule has 2 aromatic carbocycles. The normalized spacial score (nSPS) is 22.8. The van der Waals surface area contributed by atoms with E-state index in [0.29, 0.717) is 62.8 Å². The first-order chi connectivity index (χ1) is 21.5. The third-order valence-corrected chi connectivity index (χ3v) is 8.61. The number of anilines is 2. The number of nitrogens with zero attached hydrogens (tertiary/aromatic N) is 6. The number of phenols is 1. The lowest BCUT2D eigenvalue weighted by Gasteiger charge is -2.41. The fourth-order valence-corrected chi connectivity index (χ4v) is 6.48. The molecule has 4 aromatic rings. The Morgan fingerprint density at radius 1 is 0.889 bits per heavy atom. The van der Waals surface area contributed by atoms with Gasteiger partial charge in [-0.25, -0.2) is 9.97 Å². The molecule has 6 rings (SSSR count). The molecule has 0 unspecified atom stereocenters. The van der Waals surface area contributed by atoms with E-state index in [9.17, 15) is 15.3 Å². The molecule has 45 heavy (non-hydrogen) atoms. The van der Waals surface area contributed by atoms with Gasteiger partial charge in [-0.15, -0.1) is 20.4 Å². The largest absolute Gasteiger partial charge is 0.507 e. The van der Waals surface area contributed by atoms with Crippen LogP contribution in [0.25, 0.3) is 22.8 Å². The van der Waals surface area contributed by atoms with E-state index in [-0.39, 0.29) is 30.3 Å². The molecule has 2 aromatic heterocycles. The first-order valence-corrected chi connectivity index (χ1v) is 15.6. The number of rotatable bonds is 9. The van der Waals surface area contributed by atoms with Gasteiger partial charge in [0.15, 0.2) is 23.3 Å². The lowest BCUT2D eigenvalue weighted by Crippen LogP contribution is -2.48. The molecular formula is C31H34Cl2N8O4. The monoisotopic (exact) mass is 652 g/mol. The third kappa shape index (κ3) is 7.19. The molecule has 2 fully saturated rings. The highest BCUT2D eigenvalue weighted by Crippen LogP contribution is 2.38. The predicted octanol–water partition coefficient (Wildman–Crippen LogP) is 5.33. The number of halogens is 2. The first-order valence-electron chi connectivity index (χ1n) is 14.8. The Balaban J connectivity index is 1.22. The summed E-state index contributed by atoms with van der Waals surface area (Å²) in [4.78, 5) is 8.96. The van der Waals surface area contributed by atoms with Crippen molar-refractivity contribution >= 4 is 34.8 Å². The number of phenolic OH excluding ortho intramolecular Hbond substituents is 1. The second-order valence-electron chi connectivity index (χ2n) is 12.0. The highest BCUT2D eigenvalue weighted by molar-refractivity contribution is 6.31. The Morgan fingerprint density at radius 2 is 1.53 bits per heavy atom. The van der Waals surface area contributed by atoms with Crippen molar-refractivity contribution < 1.29 is 20.1 Å². The summed E-state index contributed by atoms with van der Waals surface area (Å²) in [6.07, 6.45) is 7.56. The van der Waals surface area contributed by atoms with Crippen LogP contribution in [0.1, 0.15) is 56.6 Å². The Bertz CT molecular complexity index is 1670. The predicted molar refractivity (Wildman–Crippen MR) is 170 cm³/mol. The van der Waals surface area contributed by atoms with Crippen LogP contribution in [0.4, 0.5) is 11.6 Å². The number of aliphatic hydroxyl groups is 2. The van der Waals surface area contributed by atoms with Crippen LogP contribution in [0.3, 0.4) is 0 Å². The lowest BCUT2D eigenvalue weighted by atomic mass is 9.77. The number of benzene rings is 2. The van der Waals surface area contributed by atoms with Crippen LogP contribution in [0, 0.1) is 6.92 Å². The van der Waals surface area contributed by atoms with E-state index in [1.165, 1.54) is 12.3 Å². The molecule has 0 spiro atoms. The molecule has 0 amide bonds. The van der Waals surface area contributed by atoms with Gasteiger partial charge in [0, 0.05) is 21.7 Å². The molecule has 0 aliphatic heterocycles. The molecule has 2 saturated carbocycles. The molecule has 0 saturated heterocycles. The molecule has 236 valence electrons. The van der Waals surface area contributed by atoms with Crippen LogP contribution in [-0.4, -0.2) is 69.5 Å². The number of aliphatic hydroxyl groups excluding tert-OH is 1. The van der Waals surface area contributed by atoms with Crippen molar-refractivity contribution in [2.75, 3.05) is 10.6 Å². The van der Waals surface area contributed by atoms with Crippen LogP contribution in [0.15, 0.2) is 36.7 Å². The van der Waals surface area contributed by atoms with Gasteiger partial charge in [0.25, 0.3) is 0 Å². The summed E-state index contributed by atoms with van der Waals surface area (Å²) in [5.74, 6) is 1.76. The Labute approximate surface area is 270 Å². The van der Waals surface area contributed by atoms with Gasteiger partial charge in [0.1, 0.15) is 18.1 Å². The molecule has 12 nitrogen and oxygen atoms in total. The SMILES string of the molecule is Cc1cc(Cl)cc(OCc2cc(Cl)cc(O)c2-c2ncc(N[C@H]3C[C@@](C)(O)C3)nn2)c1-c1ncc(N[C@@H]2CCCC[C@H]2O)nn1. The summed E-state index contributed by atoms with van der Waals surface area (Å²) in [5, 5.41) is 55.5. The van der Waals surface area contributed by atoms with Crippen molar-refractivity contribution in [2.24, 2.45) is 0 Å². The molecule has 2 aliphatic rings. The van der Waals surface area contributed by atoms with E-state index in [2.05, 4.69) is 41.0 Å². The third-order valence-electron chi connectivity index (χ3n) is 8.17. The minimum atomic E-state index is -0.674. The van der Waals surface area contributed by atoms with Crippen LogP contribution in [0.2, 0.25) is 10.0 Å². The Kier molecular flexibility index (Phi) is 8.91. The van der Waals surface area contributed by atoms with Crippen molar-refractivity contribution in [3.05, 3.63) is 57.8 Å². The molecule has 0 radical (unpaired) electrons. The van der Waals surface area contributed by atoms with Gasteiger partial charge in [-0.1, -0.05) is 36.0 Å². The second-order valence-corrected chi connectivity index (χ2v) is 12.9. The maximum absolute atomic E-state index is 10.9. The molecule has 2 atom stereocenters. The average Bonchev–Trinajstić information content (AvgIpc) is 2.97. The summed E-state index contributed by atoms with van der Waals surface area (Å²) in [6, 6.07) is 6.51. The van der Waals surface area contributed by atoms with Gasteiger partial charge in [-0.2, -0.15) is 0 Å². The van der Waals surface area contributed by atoms with Gasteiger partial charge in [0.05, 0.1) is 41.3 Å². The van der Waals surface area contributed by atoms with Gasteiger partial charge in [0.2, 0.25) is 0 Å². The zero-order valence-corrected chi connectivity index (χ0v) is 26.3. The maximum Gasteiger partial charge on any atom is 0.186 e. The van der Waals surface area contributed by atoms with Crippen molar-refractivity contribution in [3.63, 3.8) is 0 Å². The minimum Gasteiger partial charge on any atom is -0.507 e. The molecular weight excluding hydrogens is 619 g/mol. The number of ether oxygens (including phenoxy) is 1. The maximum atomic E-state index is 10.9.